The van der Waals surface area contributed by atoms with Gasteiger partial charge in [-0.25, -0.2) is 0 Å². The second-order valence-corrected chi connectivity index (χ2v) is 3.75. The highest BCUT2D eigenvalue weighted by molar-refractivity contribution is 5.92. The molecule has 98 valence electrons. The van der Waals surface area contributed by atoms with Crippen LogP contribution in [0.5, 0.6) is 5.75 Å². The zero-order valence-electron chi connectivity index (χ0n) is 9.76. The van der Waals surface area contributed by atoms with E-state index in [1.807, 2.05) is 0 Å². The fourth-order valence-electron chi connectivity index (χ4n) is 1.38. The molecule has 0 heterocycles. The number of benzene rings is 1. The smallest absolute Gasteiger partial charge is 0.271 e. The van der Waals surface area contributed by atoms with Crippen LogP contribution in [0, 0.1) is 10.1 Å². The third-order valence-electron chi connectivity index (χ3n) is 2.32. The molecule has 0 fully saturated rings. The summed E-state index contributed by atoms with van der Waals surface area (Å²) < 4.78 is 0. The summed E-state index contributed by atoms with van der Waals surface area (Å²) in [6.45, 7) is 0.509. The van der Waals surface area contributed by atoms with Crippen LogP contribution >= 0.6 is 0 Å². The average molecular weight is 253 g/mol. The van der Waals surface area contributed by atoms with E-state index in [0.29, 0.717) is 13.0 Å². The second kappa shape index (κ2) is 6.55. The number of rotatable bonds is 6. The molecule has 7 heteroatoms. The molecule has 0 spiro atoms. The van der Waals surface area contributed by atoms with Gasteiger partial charge >= 0.3 is 0 Å². The molecule has 18 heavy (non-hydrogen) atoms. The van der Waals surface area contributed by atoms with E-state index < -0.39 is 4.92 Å². The number of non-ortho nitro benzene ring substituents is 1. The van der Waals surface area contributed by atoms with Crippen LogP contribution in [0.25, 0.3) is 0 Å². The van der Waals surface area contributed by atoms with Crippen molar-refractivity contribution in [3.63, 3.8) is 0 Å². The third-order valence-corrected chi connectivity index (χ3v) is 2.32. The van der Waals surface area contributed by atoms with Crippen molar-refractivity contribution >= 4 is 17.3 Å². The van der Waals surface area contributed by atoms with E-state index in [1.54, 1.807) is 0 Å². The molecule has 0 atom stereocenters. The quantitative estimate of drug-likeness (QED) is 0.306. The van der Waals surface area contributed by atoms with Crippen LogP contribution in [0.1, 0.15) is 19.3 Å². The van der Waals surface area contributed by atoms with E-state index in [4.69, 9.17) is 5.73 Å². The first-order valence-electron chi connectivity index (χ1n) is 5.52. The van der Waals surface area contributed by atoms with Crippen LogP contribution in [0.2, 0.25) is 0 Å². The Morgan fingerprint density at radius 1 is 1.44 bits per heavy atom. The van der Waals surface area contributed by atoms with Gasteiger partial charge in [0.1, 0.15) is 5.75 Å². The largest absolute Gasteiger partial charge is 0.506 e. The number of amides is 1. The maximum Gasteiger partial charge on any atom is 0.271 e. The van der Waals surface area contributed by atoms with Crippen LogP contribution in [0.3, 0.4) is 0 Å². The number of phenols is 1. The molecular weight excluding hydrogens is 238 g/mol. The molecule has 1 aromatic carbocycles. The molecule has 0 aliphatic heterocycles. The minimum Gasteiger partial charge on any atom is -0.506 e. The number of carbonyl (C=O) groups excluding carboxylic acids is 1. The maximum absolute atomic E-state index is 11.5. The fourth-order valence-corrected chi connectivity index (χ4v) is 1.38. The number of nitro groups is 1. The summed E-state index contributed by atoms with van der Waals surface area (Å²) in [5.74, 6) is -0.507. The zero-order chi connectivity index (χ0) is 13.5. The molecule has 1 rings (SSSR count). The molecular formula is C11H15N3O4. The van der Waals surface area contributed by atoms with Crippen molar-refractivity contribution in [2.75, 3.05) is 11.9 Å². The Kier molecular flexibility index (Phi) is 5.06. The summed E-state index contributed by atoms with van der Waals surface area (Å²) in [6, 6.07) is 3.46. The molecule has 0 aliphatic rings. The lowest BCUT2D eigenvalue weighted by atomic mass is 10.2. The Labute approximate surface area is 104 Å². The number of nitrogens with zero attached hydrogens (tertiary/aromatic N) is 1. The Hall–Kier alpha value is -2.15. The first kappa shape index (κ1) is 13.9. The predicted octanol–water partition coefficient (Wildman–Crippen LogP) is 1.37. The highest BCUT2D eigenvalue weighted by Gasteiger charge is 2.12. The van der Waals surface area contributed by atoms with E-state index in [0.717, 1.165) is 12.5 Å². The summed E-state index contributed by atoms with van der Waals surface area (Å²) in [6.07, 6.45) is 1.63. The number of hydrogen-bond donors (Lipinski definition) is 3. The Bertz CT molecular complexity index is 448. The van der Waals surface area contributed by atoms with Crippen molar-refractivity contribution < 1.29 is 14.8 Å². The first-order valence-corrected chi connectivity index (χ1v) is 5.52. The predicted molar refractivity (Wildman–Crippen MR) is 66.3 cm³/mol. The monoisotopic (exact) mass is 253 g/mol. The summed E-state index contributed by atoms with van der Waals surface area (Å²) in [5.41, 5.74) is 5.15. The maximum atomic E-state index is 11.5. The van der Waals surface area contributed by atoms with Gasteiger partial charge in [0.05, 0.1) is 10.6 Å². The molecule has 0 saturated heterocycles. The molecule has 4 N–H and O–H groups in total. The van der Waals surface area contributed by atoms with Crippen LogP contribution in [-0.2, 0) is 4.79 Å². The number of phenolic OH excluding ortho intramolecular Hbond substituents is 1. The number of nitrogens with one attached hydrogen (secondary N) is 1. The number of nitrogens with two attached hydrogens (primary N) is 1. The van der Waals surface area contributed by atoms with Crippen molar-refractivity contribution in [3.8, 4) is 5.75 Å². The normalized spacial score (nSPS) is 10.1. The van der Waals surface area contributed by atoms with Crippen LogP contribution < -0.4 is 11.1 Å². The van der Waals surface area contributed by atoms with Gasteiger partial charge in [-0.15, -0.1) is 0 Å². The van der Waals surface area contributed by atoms with E-state index in [2.05, 4.69) is 5.32 Å². The number of unbranched alkanes of at least 4 members (excludes halogenated alkanes) is 1. The zero-order valence-corrected chi connectivity index (χ0v) is 9.76. The van der Waals surface area contributed by atoms with Gasteiger partial charge in [0.15, 0.2) is 0 Å². The van der Waals surface area contributed by atoms with Crippen molar-refractivity contribution in [2.45, 2.75) is 19.3 Å². The van der Waals surface area contributed by atoms with Gasteiger partial charge in [-0.1, -0.05) is 0 Å². The standard InChI is InChI=1S/C11H15N3O4/c12-6-2-1-3-11(16)13-9-7-8(14(17)18)4-5-10(9)15/h4-5,7,15H,1-3,6,12H2,(H,13,16). The van der Waals surface area contributed by atoms with E-state index in [-0.39, 0.29) is 29.5 Å². The lowest BCUT2D eigenvalue weighted by molar-refractivity contribution is -0.384. The SMILES string of the molecule is NCCCCC(=O)Nc1cc([N+](=O)[O-])ccc1O. The molecule has 1 amide bonds. The summed E-state index contributed by atoms with van der Waals surface area (Å²) in [7, 11) is 0. The minimum atomic E-state index is -0.594. The van der Waals surface area contributed by atoms with Crippen LogP contribution in [0.4, 0.5) is 11.4 Å². The summed E-state index contributed by atoms with van der Waals surface area (Å²) in [4.78, 5) is 21.5. The molecule has 0 radical (unpaired) electrons. The van der Waals surface area contributed by atoms with Crippen molar-refractivity contribution in [2.24, 2.45) is 5.73 Å². The number of carbonyl (C=O) groups is 1. The van der Waals surface area contributed by atoms with Gasteiger partial charge in [0.25, 0.3) is 5.69 Å². The number of aromatic hydroxyl groups is 1. The van der Waals surface area contributed by atoms with Crippen LogP contribution in [0.15, 0.2) is 18.2 Å². The van der Waals surface area contributed by atoms with E-state index in [9.17, 15) is 20.0 Å². The average Bonchev–Trinajstić information content (AvgIpc) is 2.32. The van der Waals surface area contributed by atoms with Crippen molar-refractivity contribution in [3.05, 3.63) is 28.3 Å². The molecule has 0 aromatic heterocycles. The number of hydrogen-bond acceptors (Lipinski definition) is 5. The van der Waals surface area contributed by atoms with Crippen molar-refractivity contribution in [1.29, 1.82) is 0 Å². The van der Waals surface area contributed by atoms with Crippen LogP contribution in [-0.4, -0.2) is 22.5 Å². The number of anilines is 1. The summed E-state index contributed by atoms with van der Waals surface area (Å²) in [5, 5.41) is 22.5. The van der Waals surface area contributed by atoms with Gasteiger partial charge in [0, 0.05) is 18.6 Å². The van der Waals surface area contributed by atoms with Gasteiger partial charge in [-0.2, -0.15) is 0 Å². The van der Waals surface area contributed by atoms with Gasteiger partial charge in [-0.3, -0.25) is 14.9 Å². The number of nitro benzene ring substituents is 1. The molecule has 7 nitrogen and oxygen atoms in total. The Morgan fingerprint density at radius 3 is 2.78 bits per heavy atom. The molecule has 0 bridgehead atoms. The van der Waals surface area contributed by atoms with Gasteiger partial charge in [0.2, 0.25) is 5.91 Å². The molecule has 0 unspecified atom stereocenters. The van der Waals surface area contributed by atoms with Gasteiger partial charge < -0.3 is 16.2 Å². The van der Waals surface area contributed by atoms with E-state index in [1.165, 1.54) is 12.1 Å². The molecule has 0 aliphatic carbocycles. The molecule has 0 saturated carbocycles. The highest BCUT2D eigenvalue weighted by Crippen LogP contribution is 2.27. The van der Waals surface area contributed by atoms with E-state index >= 15 is 0 Å². The highest BCUT2D eigenvalue weighted by atomic mass is 16.6. The first-order chi connectivity index (χ1) is 8.54. The topological polar surface area (TPSA) is 118 Å². The lowest BCUT2D eigenvalue weighted by Gasteiger charge is -2.06. The second-order valence-electron chi connectivity index (χ2n) is 3.75. The Balaban J connectivity index is 2.68. The summed E-state index contributed by atoms with van der Waals surface area (Å²) >= 11 is 0. The Morgan fingerprint density at radius 2 is 2.17 bits per heavy atom. The van der Waals surface area contributed by atoms with Gasteiger partial charge in [-0.05, 0) is 25.5 Å². The lowest BCUT2D eigenvalue weighted by Crippen LogP contribution is -2.12. The molecule has 1 aromatic rings. The fraction of sp³-hybridized carbons (Fsp3) is 0.364. The minimum absolute atomic E-state index is 0.0435. The van der Waals surface area contributed by atoms with Crippen molar-refractivity contribution in [1.82, 2.24) is 0 Å². The third kappa shape index (κ3) is 4.02.